The summed E-state index contributed by atoms with van der Waals surface area (Å²) in [6.45, 7) is 3.85. The fourth-order valence-corrected chi connectivity index (χ4v) is 2.03. The molecule has 0 nitrogen and oxygen atoms in total. The first-order valence-corrected chi connectivity index (χ1v) is 5.02. The fourth-order valence-electron chi connectivity index (χ4n) is 1.28. The van der Waals surface area contributed by atoms with Crippen molar-refractivity contribution in [3.05, 3.63) is 33.1 Å². The molecule has 0 radical (unpaired) electrons. The monoisotopic (exact) mass is 220 g/mol. The molecule has 0 saturated heterocycles. The highest BCUT2D eigenvalue weighted by Crippen LogP contribution is 2.31. The Labute approximate surface area is 87.7 Å². The summed E-state index contributed by atoms with van der Waals surface area (Å²) in [6, 6.07) is 1.41. The van der Waals surface area contributed by atoms with Gasteiger partial charge in [-0.25, -0.2) is 4.39 Å². The summed E-state index contributed by atoms with van der Waals surface area (Å²) in [7, 11) is 0. The predicted octanol–water partition coefficient (Wildman–Crippen LogP) is 4.26. The second-order valence-electron chi connectivity index (χ2n) is 2.83. The maximum atomic E-state index is 13.2. The molecule has 0 N–H and O–H groups in total. The normalized spacial score (nSPS) is 10.5. The summed E-state index contributed by atoms with van der Waals surface area (Å²) in [6.07, 6.45) is 1.38. The molecule has 13 heavy (non-hydrogen) atoms. The van der Waals surface area contributed by atoms with Crippen molar-refractivity contribution in [3.63, 3.8) is 0 Å². The summed E-state index contributed by atoms with van der Waals surface area (Å²) < 4.78 is 13.2. The van der Waals surface area contributed by atoms with Crippen LogP contribution in [0.25, 0.3) is 0 Å². The molecular formula is C10H11Cl2F. The predicted molar refractivity (Wildman–Crippen MR) is 55.2 cm³/mol. The molecule has 0 aliphatic rings. The van der Waals surface area contributed by atoms with Crippen molar-refractivity contribution in [2.75, 3.05) is 0 Å². The van der Waals surface area contributed by atoms with Gasteiger partial charge in [-0.05, 0) is 30.0 Å². The van der Waals surface area contributed by atoms with Crippen LogP contribution in [0, 0.1) is 5.82 Å². The third-order valence-electron chi connectivity index (χ3n) is 2.06. The van der Waals surface area contributed by atoms with E-state index < -0.39 is 0 Å². The quantitative estimate of drug-likeness (QED) is 0.654. The topological polar surface area (TPSA) is 0 Å². The van der Waals surface area contributed by atoms with Gasteiger partial charge in [0, 0.05) is 5.02 Å². The molecule has 0 aromatic heterocycles. The smallest absolute Gasteiger partial charge is 0.142 e. The largest absolute Gasteiger partial charge is 0.205 e. The molecule has 0 saturated carbocycles. The van der Waals surface area contributed by atoms with E-state index in [1.54, 1.807) is 0 Å². The van der Waals surface area contributed by atoms with E-state index in [0.29, 0.717) is 17.0 Å². The molecule has 0 fully saturated rings. The lowest BCUT2D eigenvalue weighted by molar-refractivity contribution is 0.624. The Morgan fingerprint density at radius 1 is 1.15 bits per heavy atom. The van der Waals surface area contributed by atoms with Gasteiger partial charge in [-0.1, -0.05) is 37.0 Å². The van der Waals surface area contributed by atoms with E-state index in [4.69, 9.17) is 23.2 Å². The van der Waals surface area contributed by atoms with Gasteiger partial charge in [0.05, 0.1) is 5.02 Å². The molecule has 0 aliphatic carbocycles. The molecular weight excluding hydrogens is 210 g/mol. The zero-order chi connectivity index (χ0) is 10.0. The molecule has 0 heterocycles. The minimum atomic E-state index is -0.375. The van der Waals surface area contributed by atoms with Crippen molar-refractivity contribution >= 4 is 23.2 Å². The first kappa shape index (κ1) is 10.8. The third kappa shape index (κ3) is 1.97. The maximum Gasteiger partial charge on any atom is 0.142 e. The van der Waals surface area contributed by atoms with Gasteiger partial charge >= 0.3 is 0 Å². The van der Waals surface area contributed by atoms with Crippen molar-refractivity contribution in [1.82, 2.24) is 0 Å². The summed E-state index contributed by atoms with van der Waals surface area (Å²) in [5.74, 6) is -0.375. The molecule has 0 bridgehead atoms. The lowest BCUT2D eigenvalue weighted by atomic mass is 10.1. The van der Waals surface area contributed by atoms with Gasteiger partial charge in [0.25, 0.3) is 0 Å². The Morgan fingerprint density at radius 3 is 2.23 bits per heavy atom. The molecule has 3 heteroatoms. The summed E-state index contributed by atoms with van der Waals surface area (Å²) in [4.78, 5) is 0. The van der Waals surface area contributed by atoms with E-state index in [1.807, 2.05) is 13.8 Å². The number of aryl methyl sites for hydroxylation is 1. The Bertz CT molecular complexity index is 321. The average molecular weight is 221 g/mol. The van der Waals surface area contributed by atoms with Crippen LogP contribution in [0.4, 0.5) is 4.39 Å². The lowest BCUT2D eigenvalue weighted by Gasteiger charge is -2.09. The van der Waals surface area contributed by atoms with Gasteiger partial charge in [-0.2, -0.15) is 0 Å². The van der Waals surface area contributed by atoms with Gasteiger partial charge in [0.2, 0.25) is 0 Å². The Balaban J connectivity index is 3.39. The van der Waals surface area contributed by atoms with Crippen LogP contribution < -0.4 is 0 Å². The maximum absolute atomic E-state index is 13.2. The fraction of sp³-hybridized carbons (Fsp3) is 0.400. The molecule has 1 rings (SSSR count). The summed E-state index contributed by atoms with van der Waals surface area (Å²) in [5, 5.41) is 0.765. The standard InChI is InChI=1S/C10H11Cl2F/c1-3-6-5-8(13)10(12)7(4-2)9(6)11/h5H,3-4H2,1-2H3. The van der Waals surface area contributed by atoms with Crippen LogP contribution in [0.3, 0.4) is 0 Å². The highest BCUT2D eigenvalue weighted by molar-refractivity contribution is 6.36. The SMILES string of the molecule is CCc1cc(F)c(Cl)c(CC)c1Cl. The third-order valence-corrected chi connectivity index (χ3v) is 2.94. The minimum Gasteiger partial charge on any atom is -0.205 e. The van der Waals surface area contributed by atoms with E-state index in [1.165, 1.54) is 6.07 Å². The Kier molecular flexibility index (Phi) is 3.57. The van der Waals surface area contributed by atoms with Gasteiger partial charge in [0.1, 0.15) is 5.82 Å². The van der Waals surface area contributed by atoms with Gasteiger partial charge in [0.15, 0.2) is 0 Å². The second kappa shape index (κ2) is 4.30. The zero-order valence-electron chi connectivity index (χ0n) is 7.63. The summed E-state index contributed by atoms with van der Waals surface area (Å²) in [5.41, 5.74) is 1.53. The number of hydrogen-bond acceptors (Lipinski definition) is 0. The van der Waals surface area contributed by atoms with Crippen molar-refractivity contribution in [2.45, 2.75) is 26.7 Å². The number of benzene rings is 1. The number of rotatable bonds is 2. The molecule has 0 spiro atoms. The van der Waals surface area contributed by atoms with E-state index in [9.17, 15) is 4.39 Å². The van der Waals surface area contributed by atoms with Crippen LogP contribution in [0.2, 0.25) is 10.0 Å². The molecule has 72 valence electrons. The first-order valence-electron chi connectivity index (χ1n) is 4.27. The van der Waals surface area contributed by atoms with Gasteiger partial charge < -0.3 is 0 Å². The van der Waals surface area contributed by atoms with Crippen molar-refractivity contribution in [1.29, 1.82) is 0 Å². The van der Waals surface area contributed by atoms with E-state index in [0.717, 1.165) is 12.0 Å². The molecule has 0 unspecified atom stereocenters. The molecule has 0 atom stereocenters. The highest BCUT2D eigenvalue weighted by Gasteiger charge is 2.12. The average Bonchev–Trinajstić information content (AvgIpc) is 2.12. The van der Waals surface area contributed by atoms with Gasteiger partial charge in [-0.15, -0.1) is 0 Å². The van der Waals surface area contributed by atoms with Crippen LogP contribution in [-0.2, 0) is 12.8 Å². The summed E-state index contributed by atoms with van der Waals surface area (Å²) >= 11 is 11.8. The van der Waals surface area contributed by atoms with Crippen molar-refractivity contribution in [2.24, 2.45) is 0 Å². The van der Waals surface area contributed by atoms with Crippen molar-refractivity contribution < 1.29 is 4.39 Å². The Morgan fingerprint density at radius 2 is 1.77 bits per heavy atom. The van der Waals surface area contributed by atoms with Crippen LogP contribution in [-0.4, -0.2) is 0 Å². The van der Waals surface area contributed by atoms with E-state index >= 15 is 0 Å². The van der Waals surface area contributed by atoms with E-state index in [2.05, 4.69) is 0 Å². The van der Waals surface area contributed by atoms with Crippen LogP contribution in [0.5, 0.6) is 0 Å². The van der Waals surface area contributed by atoms with Crippen LogP contribution in [0.1, 0.15) is 25.0 Å². The Hall–Kier alpha value is -0.270. The van der Waals surface area contributed by atoms with E-state index in [-0.39, 0.29) is 10.8 Å². The van der Waals surface area contributed by atoms with Crippen LogP contribution >= 0.6 is 23.2 Å². The minimum absolute atomic E-state index is 0.157. The molecule has 1 aromatic carbocycles. The highest BCUT2D eigenvalue weighted by atomic mass is 35.5. The van der Waals surface area contributed by atoms with Crippen molar-refractivity contribution in [3.8, 4) is 0 Å². The number of hydrogen-bond donors (Lipinski definition) is 0. The molecule has 0 aliphatic heterocycles. The number of halogens is 3. The first-order chi connectivity index (χ1) is 6.11. The lowest BCUT2D eigenvalue weighted by Crippen LogP contribution is -1.94. The van der Waals surface area contributed by atoms with Gasteiger partial charge in [-0.3, -0.25) is 0 Å². The zero-order valence-corrected chi connectivity index (χ0v) is 9.14. The molecule has 0 amide bonds. The van der Waals surface area contributed by atoms with Crippen LogP contribution in [0.15, 0.2) is 6.07 Å². The molecule has 1 aromatic rings. The second-order valence-corrected chi connectivity index (χ2v) is 3.59.